The number of carbonyl (C=O) groups is 1. The number of piperidine rings is 1. The lowest BCUT2D eigenvalue weighted by atomic mass is 10.00. The van der Waals surface area contributed by atoms with Crippen molar-refractivity contribution < 1.29 is 18.3 Å². The molecule has 3 aromatic carbocycles. The predicted molar refractivity (Wildman–Crippen MR) is 136 cm³/mol. The average molecular weight is 482 g/mol. The van der Waals surface area contributed by atoms with Crippen molar-refractivity contribution in [2.45, 2.75) is 38.9 Å². The van der Waals surface area contributed by atoms with Crippen molar-refractivity contribution in [2.75, 3.05) is 24.0 Å². The van der Waals surface area contributed by atoms with Crippen LogP contribution in [0.5, 0.6) is 0 Å². The fourth-order valence-corrected chi connectivity index (χ4v) is 5.33. The second kappa shape index (κ2) is 11.5. The molecular formula is C26H31N3O4S. The molecule has 3 aromatic rings. The number of carbonyl (C=O) groups excluding carboxylic acids is 1. The third-order valence-corrected chi connectivity index (χ3v) is 7.04. The number of rotatable bonds is 8. The molecule has 1 heterocycles. The summed E-state index contributed by atoms with van der Waals surface area (Å²) in [7, 11) is 0. The molecule has 180 valence electrons. The van der Waals surface area contributed by atoms with E-state index in [1.165, 1.54) is 5.56 Å². The minimum absolute atomic E-state index is 0.151. The van der Waals surface area contributed by atoms with Crippen molar-refractivity contribution in [1.29, 1.82) is 0 Å². The third kappa shape index (κ3) is 5.58. The quantitative estimate of drug-likeness (QED) is 0.456. The van der Waals surface area contributed by atoms with Crippen LogP contribution in [0, 0.1) is 0 Å². The minimum atomic E-state index is -2.19. The van der Waals surface area contributed by atoms with E-state index in [1.54, 1.807) is 16.1 Å². The highest BCUT2D eigenvalue weighted by Gasteiger charge is 2.31. The Morgan fingerprint density at radius 1 is 1.03 bits per heavy atom. The van der Waals surface area contributed by atoms with Gasteiger partial charge in [0.05, 0.1) is 12.3 Å². The summed E-state index contributed by atoms with van der Waals surface area (Å²) in [5.41, 5.74) is 3.09. The van der Waals surface area contributed by atoms with Crippen LogP contribution < -0.4 is 9.62 Å². The second-order valence-corrected chi connectivity index (χ2v) is 9.21. The van der Waals surface area contributed by atoms with Gasteiger partial charge in [-0.25, -0.2) is 9.00 Å². The Bertz CT molecular complexity index is 1130. The Kier molecular flexibility index (Phi) is 8.16. The summed E-state index contributed by atoms with van der Waals surface area (Å²) in [6.45, 7) is 4.57. The molecule has 0 radical (unpaired) electrons. The molecule has 7 nitrogen and oxygen atoms in total. The van der Waals surface area contributed by atoms with Crippen LogP contribution in [0.15, 0.2) is 66.7 Å². The summed E-state index contributed by atoms with van der Waals surface area (Å²) in [4.78, 5) is 13.7. The fraction of sp³-hybridized carbons (Fsp3) is 0.346. The van der Waals surface area contributed by atoms with E-state index < -0.39 is 11.3 Å². The van der Waals surface area contributed by atoms with Gasteiger partial charge in [-0.15, -0.1) is 0 Å². The first-order valence-electron chi connectivity index (χ1n) is 11.7. The Balaban J connectivity index is 1.53. The van der Waals surface area contributed by atoms with E-state index in [-0.39, 0.29) is 12.1 Å². The van der Waals surface area contributed by atoms with E-state index in [2.05, 4.69) is 23.5 Å². The molecule has 2 N–H and O–H groups in total. The van der Waals surface area contributed by atoms with Gasteiger partial charge in [0.25, 0.3) is 11.3 Å². The number of nitrogens with zero attached hydrogens (tertiary/aromatic N) is 2. The number of nitrogens with one attached hydrogen (secondary N) is 1. The summed E-state index contributed by atoms with van der Waals surface area (Å²) in [6, 6.07) is 22.1. The zero-order valence-corrected chi connectivity index (χ0v) is 20.2. The largest absolute Gasteiger partial charge is 0.450 e. The van der Waals surface area contributed by atoms with E-state index in [0.29, 0.717) is 39.1 Å². The number of anilines is 1. The van der Waals surface area contributed by atoms with E-state index in [1.807, 2.05) is 48.5 Å². The van der Waals surface area contributed by atoms with Gasteiger partial charge in [-0.3, -0.25) is 8.86 Å². The molecule has 0 saturated carbocycles. The number of hydrogen-bond acceptors (Lipinski definition) is 4. The Labute approximate surface area is 203 Å². The number of likely N-dealkylation sites (tertiary alicyclic amines) is 1. The van der Waals surface area contributed by atoms with Gasteiger partial charge < -0.3 is 15.0 Å². The molecule has 1 atom stereocenters. The van der Waals surface area contributed by atoms with E-state index >= 15 is 0 Å². The maximum atomic E-state index is 12.5. The molecule has 34 heavy (non-hydrogen) atoms. The topological polar surface area (TPSA) is 82.1 Å². The smallest absolute Gasteiger partial charge is 0.409 e. The summed E-state index contributed by atoms with van der Waals surface area (Å²) < 4.78 is 29.4. The molecule has 0 spiro atoms. The molecule has 0 aromatic heterocycles. The summed E-state index contributed by atoms with van der Waals surface area (Å²) in [6.07, 6.45) is 0.870. The monoisotopic (exact) mass is 481 g/mol. The van der Waals surface area contributed by atoms with Crippen molar-refractivity contribution in [2.24, 2.45) is 0 Å². The summed E-state index contributed by atoms with van der Waals surface area (Å²) in [5, 5.41) is 5.50. The van der Waals surface area contributed by atoms with E-state index in [0.717, 1.165) is 28.6 Å². The van der Waals surface area contributed by atoms with E-state index in [9.17, 15) is 13.6 Å². The first-order chi connectivity index (χ1) is 16.6. The zero-order valence-electron chi connectivity index (χ0n) is 19.4. The van der Waals surface area contributed by atoms with Crippen LogP contribution in [0.4, 0.5) is 10.5 Å². The van der Waals surface area contributed by atoms with Gasteiger partial charge in [-0.05, 0) is 42.3 Å². The molecule has 1 amide bonds. The van der Waals surface area contributed by atoms with Crippen LogP contribution >= 0.6 is 0 Å². The molecule has 0 bridgehead atoms. The molecule has 1 saturated heterocycles. The molecule has 0 aliphatic carbocycles. The Morgan fingerprint density at radius 3 is 2.38 bits per heavy atom. The number of hydrogen-bond donors (Lipinski definition) is 2. The normalized spacial score (nSPS) is 15.3. The Hall–Kier alpha value is -2.94. The van der Waals surface area contributed by atoms with Crippen LogP contribution in [0.25, 0.3) is 10.8 Å². The fourth-order valence-electron chi connectivity index (χ4n) is 4.54. The summed E-state index contributed by atoms with van der Waals surface area (Å²) in [5.74, 6) is 0. The van der Waals surface area contributed by atoms with E-state index in [4.69, 9.17) is 4.74 Å². The van der Waals surface area contributed by atoms with Gasteiger partial charge in [-0.1, -0.05) is 60.7 Å². The number of fused-ring (bicyclic) bond motifs is 1. The van der Waals surface area contributed by atoms with Crippen molar-refractivity contribution in [3.8, 4) is 0 Å². The lowest BCUT2D eigenvalue weighted by Gasteiger charge is -2.37. The standard InChI is InChI=1S/C26H31N3O4S/c1-2-33-26(30)28-16-14-22(15-17-28)29(34(31)32)25-13-12-21(23-10-6-7-11-24(23)25)19-27-18-20-8-4-3-5-9-20/h3-13,22,27H,2,14-19H2,1H3,(H,31,32). The third-order valence-electron chi connectivity index (χ3n) is 6.21. The van der Waals surface area contributed by atoms with Gasteiger partial charge in [0.2, 0.25) is 0 Å². The molecule has 1 unspecified atom stereocenters. The average Bonchev–Trinajstić information content (AvgIpc) is 2.86. The van der Waals surface area contributed by atoms with Gasteiger partial charge >= 0.3 is 6.09 Å². The lowest BCUT2D eigenvalue weighted by Crippen LogP contribution is -2.47. The van der Waals surface area contributed by atoms with Crippen LogP contribution in [-0.2, 0) is 29.1 Å². The lowest BCUT2D eigenvalue weighted by molar-refractivity contribution is 0.0976. The van der Waals surface area contributed by atoms with Gasteiger partial charge in [-0.2, -0.15) is 0 Å². The van der Waals surface area contributed by atoms with Crippen molar-refractivity contribution in [3.05, 3.63) is 77.9 Å². The van der Waals surface area contributed by atoms with Crippen LogP contribution in [0.1, 0.15) is 30.9 Å². The second-order valence-electron chi connectivity index (χ2n) is 8.35. The van der Waals surface area contributed by atoms with Crippen molar-refractivity contribution >= 4 is 33.8 Å². The Morgan fingerprint density at radius 2 is 1.71 bits per heavy atom. The summed E-state index contributed by atoms with van der Waals surface area (Å²) >= 11 is -2.19. The molecule has 1 fully saturated rings. The van der Waals surface area contributed by atoms with Gasteiger partial charge in [0, 0.05) is 37.6 Å². The van der Waals surface area contributed by atoms with Crippen molar-refractivity contribution in [1.82, 2.24) is 10.2 Å². The first-order valence-corrected chi connectivity index (χ1v) is 12.7. The molecule has 8 heteroatoms. The molecular weight excluding hydrogens is 450 g/mol. The van der Waals surface area contributed by atoms with Crippen molar-refractivity contribution in [3.63, 3.8) is 0 Å². The highest BCUT2D eigenvalue weighted by atomic mass is 32.2. The number of amides is 1. The minimum Gasteiger partial charge on any atom is -0.450 e. The highest BCUT2D eigenvalue weighted by Crippen LogP contribution is 2.34. The van der Waals surface area contributed by atoms with Gasteiger partial charge in [0.15, 0.2) is 0 Å². The van der Waals surface area contributed by atoms with Crippen LogP contribution in [0.2, 0.25) is 0 Å². The first kappa shape index (κ1) is 24.2. The maximum Gasteiger partial charge on any atom is 0.409 e. The molecule has 4 rings (SSSR count). The number of benzene rings is 3. The highest BCUT2D eigenvalue weighted by molar-refractivity contribution is 7.80. The van der Waals surface area contributed by atoms with Crippen LogP contribution in [-0.4, -0.2) is 45.5 Å². The molecule has 1 aliphatic heterocycles. The SMILES string of the molecule is CCOC(=O)N1CCC(N(c2ccc(CNCc3ccccc3)c3ccccc23)S(=O)O)CC1. The van der Waals surface area contributed by atoms with Gasteiger partial charge in [0.1, 0.15) is 0 Å². The number of ether oxygens (including phenoxy) is 1. The molecule has 1 aliphatic rings. The maximum absolute atomic E-state index is 12.5. The van der Waals surface area contributed by atoms with Crippen LogP contribution in [0.3, 0.4) is 0 Å². The zero-order chi connectivity index (χ0) is 23.9. The predicted octanol–water partition coefficient (Wildman–Crippen LogP) is 4.69.